The van der Waals surface area contributed by atoms with Crippen molar-refractivity contribution in [1.82, 2.24) is 9.78 Å². The third-order valence-corrected chi connectivity index (χ3v) is 4.83. The minimum absolute atomic E-state index is 0.00345. The largest absolute Gasteiger partial charge is 0.381 e. The minimum atomic E-state index is -3.71. The Kier molecular flexibility index (Phi) is 3.47. The SMILES string of the molecule is Cc1cc(C)cc(N(C)S(=O)(=O)c2cn(C)nc2N)c1. The second-order valence-corrected chi connectivity index (χ2v) is 6.81. The van der Waals surface area contributed by atoms with Gasteiger partial charge in [-0.25, -0.2) is 8.42 Å². The summed E-state index contributed by atoms with van der Waals surface area (Å²) in [7, 11) is -0.569. The number of aryl methyl sites for hydroxylation is 3. The fourth-order valence-corrected chi connectivity index (χ4v) is 3.37. The Morgan fingerprint density at radius 2 is 1.75 bits per heavy atom. The molecule has 2 N–H and O–H groups in total. The van der Waals surface area contributed by atoms with Crippen LogP contribution >= 0.6 is 0 Å². The molecule has 0 amide bonds. The van der Waals surface area contributed by atoms with Crippen molar-refractivity contribution >= 4 is 21.5 Å². The molecule has 0 aliphatic rings. The fraction of sp³-hybridized carbons (Fsp3) is 0.308. The Morgan fingerprint density at radius 3 is 2.20 bits per heavy atom. The lowest BCUT2D eigenvalue weighted by Crippen LogP contribution is -2.27. The van der Waals surface area contributed by atoms with Crippen LogP contribution in [0.15, 0.2) is 29.3 Å². The number of aromatic nitrogens is 2. The molecule has 0 saturated carbocycles. The van der Waals surface area contributed by atoms with Gasteiger partial charge in [-0.15, -0.1) is 0 Å². The Bertz CT molecular complexity index is 729. The number of nitrogen functional groups attached to an aromatic ring is 1. The molecular formula is C13H18N4O2S. The van der Waals surface area contributed by atoms with E-state index in [1.807, 2.05) is 32.0 Å². The van der Waals surface area contributed by atoms with Crippen LogP contribution in [0.2, 0.25) is 0 Å². The number of nitrogens with two attached hydrogens (primary N) is 1. The van der Waals surface area contributed by atoms with E-state index < -0.39 is 10.0 Å². The van der Waals surface area contributed by atoms with E-state index in [4.69, 9.17) is 5.73 Å². The molecule has 108 valence electrons. The van der Waals surface area contributed by atoms with Gasteiger partial charge in [-0.1, -0.05) is 6.07 Å². The summed E-state index contributed by atoms with van der Waals surface area (Å²) in [4.78, 5) is 0.0154. The summed E-state index contributed by atoms with van der Waals surface area (Å²) in [6.45, 7) is 3.85. The second kappa shape index (κ2) is 4.82. The van der Waals surface area contributed by atoms with Crippen LogP contribution in [-0.4, -0.2) is 25.2 Å². The first-order chi connectivity index (χ1) is 9.21. The van der Waals surface area contributed by atoms with Crippen molar-refractivity contribution in [1.29, 1.82) is 0 Å². The van der Waals surface area contributed by atoms with Crippen molar-refractivity contribution in [2.45, 2.75) is 18.7 Å². The van der Waals surface area contributed by atoms with Crippen LogP contribution in [0.25, 0.3) is 0 Å². The molecule has 0 saturated heterocycles. The molecule has 0 aliphatic carbocycles. The highest BCUT2D eigenvalue weighted by molar-refractivity contribution is 7.93. The average Bonchev–Trinajstić information content (AvgIpc) is 2.67. The standard InChI is InChI=1S/C13H18N4O2S/c1-9-5-10(2)7-11(6-9)17(4)20(18,19)12-8-16(3)15-13(12)14/h5-8H,1-4H3,(H2,14,15). The first-order valence-electron chi connectivity index (χ1n) is 6.08. The zero-order chi connectivity index (χ0) is 15.1. The Balaban J connectivity index is 2.51. The number of hydrogen-bond donors (Lipinski definition) is 1. The van der Waals surface area contributed by atoms with E-state index in [1.165, 1.54) is 22.2 Å². The van der Waals surface area contributed by atoms with E-state index in [-0.39, 0.29) is 10.7 Å². The summed E-state index contributed by atoms with van der Waals surface area (Å²) in [5.41, 5.74) is 8.27. The molecule has 0 radical (unpaired) electrons. The molecule has 1 aromatic carbocycles. The fourth-order valence-electron chi connectivity index (χ4n) is 2.10. The van der Waals surface area contributed by atoms with Crippen LogP contribution in [-0.2, 0) is 17.1 Å². The van der Waals surface area contributed by atoms with Crippen LogP contribution in [0.4, 0.5) is 11.5 Å². The normalized spacial score (nSPS) is 11.6. The summed E-state index contributed by atoms with van der Waals surface area (Å²) in [6.07, 6.45) is 1.41. The first kappa shape index (κ1) is 14.4. The van der Waals surface area contributed by atoms with Gasteiger partial charge >= 0.3 is 0 Å². The van der Waals surface area contributed by atoms with Crippen molar-refractivity contribution in [3.8, 4) is 0 Å². The molecule has 0 atom stereocenters. The lowest BCUT2D eigenvalue weighted by molar-refractivity contribution is 0.594. The molecule has 0 fully saturated rings. The van der Waals surface area contributed by atoms with E-state index in [0.29, 0.717) is 5.69 Å². The topological polar surface area (TPSA) is 81.2 Å². The number of nitrogens with zero attached hydrogens (tertiary/aromatic N) is 3. The quantitative estimate of drug-likeness (QED) is 0.929. The molecule has 0 spiro atoms. The van der Waals surface area contributed by atoms with Gasteiger partial charge in [-0.3, -0.25) is 8.99 Å². The third-order valence-electron chi connectivity index (χ3n) is 3.03. The maximum atomic E-state index is 12.6. The number of anilines is 2. The van der Waals surface area contributed by atoms with E-state index in [1.54, 1.807) is 7.05 Å². The van der Waals surface area contributed by atoms with Crippen molar-refractivity contribution in [3.63, 3.8) is 0 Å². The molecule has 20 heavy (non-hydrogen) atoms. The minimum Gasteiger partial charge on any atom is -0.381 e. The van der Waals surface area contributed by atoms with Crippen molar-refractivity contribution in [3.05, 3.63) is 35.5 Å². The highest BCUT2D eigenvalue weighted by Gasteiger charge is 2.26. The highest BCUT2D eigenvalue weighted by atomic mass is 32.2. The number of hydrogen-bond acceptors (Lipinski definition) is 4. The summed E-state index contributed by atoms with van der Waals surface area (Å²) in [6, 6.07) is 5.62. The van der Waals surface area contributed by atoms with Crippen molar-refractivity contribution in [2.75, 3.05) is 17.1 Å². The molecule has 1 aromatic heterocycles. The molecule has 0 aliphatic heterocycles. The van der Waals surface area contributed by atoms with E-state index in [2.05, 4.69) is 5.10 Å². The van der Waals surface area contributed by atoms with E-state index >= 15 is 0 Å². The lowest BCUT2D eigenvalue weighted by Gasteiger charge is -2.19. The monoisotopic (exact) mass is 294 g/mol. The third kappa shape index (κ3) is 2.49. The van der Waals surface area contributed by atoms with Gasteiger partial charge in [-0.05, 0) is 37.1 Å². The van der Waals surface area contributed by atoms with E-state index in [0.717, 1.165) is 11.1 Å². The molecule has 0 bridgehead atoms. The van der Waals surface area contributed by atoms with Gasteiger partial charge in [0.05, 0.1) is 5.69 Å². The van der Waals surface area contributed by atoms with Gasteiger partial charge < -0.3 is 5.73 Å². The summed E-state index contributed by atoms with van der Waals surface area (Å²) in [5, 5.41) is 3.88. The van der Waals surface area contributed by atoms with Crippen LogP contribution in [0.1, 0.15) is 11.1 Å². The predicted octanol–water partition coefficient (Wildman–Crippen LogP) is 1.44. The highest BCUT2D eigenvalue weighted by Crippen LogP contribution is 2.26. The first-order valence-corrected chi connectivity index (χ1v) is 7.52. The Hall–Kier alpha value is -2.02. The van der Waals surface area contributed by atoms with Crippen LogP contribution in [0.5, 0.6) is 0 Å². The van der Waals surface area contributed by atoms with Crippen LogP contribution in [0, 0.1) is 13.8 Å². The zero-order valence-electron chi connectivity index (χ0n) is 12.0. The van der Waals surface area contributed by atoms with Gasteiger partial charge in [-0.2, -0.15) is 5.10 Å². The predicted molar refractivity (Wildman–Crippen MR) is 79.1 cm³/mol. The molecule has 7 heteroatoms. The van der Waals surface area contributed by atoms with E-state index in [9.17, 15) is 8.42 Å². The van der Waals surface area contributed by atoms with Gasteiger partial charge in [0.25, 0.3) is 10.0 Å². The van der Waals surface area contributed by atoms with Crippen molar-refractivity contribution in [2.24, 2.45) is 7.05 Å². The maximum absolute atomic E-state index is 12.6. The molecule has 1 heterocycles. The molecule has 2 aromatic rings. The molecule has 0 unspecified atom stereocenters. The van der Waals surface area contributed by atoms with Gasteiger partial charge in [0.2, 0.25) is 0 Å². The van der Waals surface area contributed by atoms with Gasteiger partial charge in [0.1, 0.15) is 4.90 Å². The lowest BCUT2D eigenvalue weighted by atomic mass is 10.1. The number of benzene rings is 1. The zero-order valence-corrected chi connectivity index (χ0v) is 12.8. The van der Waals surface area contributed by atoms with Crippen LogP contribution in [0.3, 0.4) is 0 Å². The smallest absolute Gasteiger partial charge is 0.269 e. The number of sulfonamides is 1. The molecule has 6 nitrogen and oxygen atoms in total. The molecular weight excluding hydrogens is 276 g/mol. The van der Waals surface area contributed by atoms with Gasteiger partial charge in [0.15, 0.2) is 5.82 Å². The van der Waals surface area contributed by atoms with Crippen molar-refractivity contribution < 1.29 is 8.42 Å². The average molecular weight is 294 g/mol. The summed E-state index contributed by atoms with van der Waals surface area (Å²) < 4.78 is 27.8. The Labute approximate surface area is 118 Å². The number of rotatable bonds is 3. The maximum Gasteiger partial charge on any atom is 0.269 e. The Morgan fingerprint density at radius 1 is 1.20 bits per heavy atom. The van der Waals surface area contributed by atoms with Crippen LogP contribution < -0.4 is 10.0 Å². The van der Waals surface area contributed by atoms with Gasteiger partial charge in [0, 0.05) is 20.3 Å². The molecule has 2 rings (SSSR count). The summed E-state index contributed by atoms with van der Waals surface area (Å²) >= 11 is 0. The second-order valence-electron chi connectivity index (χ2n) is 4.87. The summed E-state index contributed by atoms with van der Waals surface area (Å²) in [5.74, 6) is 0.00345.